The molecule has 0 unspecified atom stereocenters. The van der Waals surface area contributed by atoms with Crippen LogP contribution in [0.2, 0.25) is 0 Å². The van der Waals surface area contributed by atoms with Gasteiger partial charge in [-0.3, -0.25) is 14.7 Å². The van der Waals surface area contributed by atoms with E-state index in [0.29, 0.717) is 11.7 Å². The van der Waals surface area contributed by atoms with E-state index < -0.39 is 9.84 Å². The molecule has 0 bridgehead atoms. The van der Waals surface area contributed by atoms with E-state index in [0.717, 1.165) is 26.9 Å². The lowest BCUT2D eigenvalue weighted by Gasteiger charge is -2.20. The van der Waals surface area contributed by atoms with E-state index in [2.05, 4.69) is 18.0 Å². The highest BCUT2D eigenvalue weighted by Gasteiger charge is 2.21. The summed E-state index contributed by atoms with van der Waals surface area (Å²) in [6.07, 6.45) is 4.74. The Morgan fingerprint density at radius 2 is 1.75 bits per heavy atom. The highest BCUT2D eigenvalue weighted by Crippen LogP contribution is 2.32. The molecule has 32 heavy (non-hydrogen) atoms. The van der Waals surface area contributed by atoms with Gasteiger partial charge in [0.2, 0.25) is 5.91 Å². The molecule has 0 aliphatic rings. The van der Waals surface area contributed by atoms with Gasteiger partial charge in [-0.05, 0) is 66.4 Å². The van der Waals surface area contributed by atoms with Gasteiger partial charge in [0.05, 0.1) is 28.1 Å². The molecule has 0 atom stereocenters. The molecule has 2 heterocycles. The summed E-state index contributed by atoms with van der Waals surface area (Å²) in [4.78, 5) is 24.2. The molecule has 6 nitrogen and oxygen atoms in total. The van der Waals surface area contributed by atoms with Crippen LogP contribution < -0.4 is 4.90 Å². The number of carbonyl (C=O) groups is 1. The normalized spacial score (nSPS) is 11.6. The Morgan fingerprint density at radius 3 is 2.41 bits per heavy atom. The van der Waals surface area contributed by atoms with Crippen molar-refractivity contribution in [3.8, 4) is 0 Å². The SMILES string of the molecule is Cc1cc2nc(N(Cc3cccnc3)C(=O)Cc3ccc(S(C)(=O)=O)cc3)sc2cc1C. The number of fused-ring (bicyclic) bond motifs is 1. The molecule has 0 aliphatic carbocycles. The number of aromatic nitrogens is 2. The number of aryl methyl sites for hydroxylation is 2. The number of amides is 1. The number of sulfone groups is 1. The van der Waals surface area contributed by atoms with Crippen LogP contribution in [0, 0.1) is 13.8 Å². The van der Waals surface area contributed by atoms with Crippen molar-refractivity contribution in [2.75, 3.05) is 11.2 Å². The fourth-order valence-corrected chi connectivity index (χ4v) is 5.04. The van der Waals surface area contributed by atoms with Crippen molar-refractivity contribution in [1.29, 1.82) is 0 Å². The second-order valence-corrected chi connectivity index (χ2v) is 10.9. The number of pyridine rings is 1. The Balaban J connectivity index is 1.67. The van der Waals surface area contributed by atoms with Crippen molar-refractivity contribution in [1.82, 2.24) is 9.97 Å². The highest BCUT2D eigenvalue weighted by molar-refractivity contribution is 7.90. The number of benzene rings is 2. The minimum Gasteiger partial charge on any atom is -0.283 e. The predicted octanol–water partition coefficient (Wildman–Crippen LogP) is 4.49. The lowest BCUT2D eigenvalue weighted by atomic mass is 10.1. The van der Waals surface area contributed by atoms with Crippen LogP contribution in [0.5, 0.6) is 0 Å². The molecule has 0 radical (unpaired) electrons. The van der Waals surface area contributed by atoms with Crippen LogP contribution in [0.3, 0.4) is 0 Å². The third kappa shape index (κ3) is 4.87. The monoisotopic (exact) mass is 465 g/mol. The minimum atomic E-state index is -3.28. The number of anilines is 1. The Bertz CT molecular complexity index is 1340. The summed E-state index contributed by atoms with van der Waals surface area (Å²) in [5.74, 6) is -0.117. The molecule has 0 spiro atoms. The zero-order chi connectivity index (χ0) is 22.9. The maximum absolute atomic E-state index is 13.4. The first-order chi connectivity index (χ1) is 15.2. The van der Waals surface area contributed by atoms with Gasteiger partial charge in [-0.25, -0.2) is 13.4 Å². The van der Waals surface area contributed by atoms with E-state index >= 15 is 0 Å². The Morgan fingerprint density at radius 1 is 1.03 bits per heavy atom. The average molecular weight is 466 g/mol. The maximum atomic E-state index is 13.4. The summed E-state index contributed by atoms with van der Waals surface area (Å²) >= 11 is 1.49. The quantitative estimate of drug-likeness (QED) is 0.419. The van der Waals surface area contributed by atoms with Crippen LogP contribution in [-0.4, -0.2) is 30.5 Å². The number of nitrogens with zero attached hydrogens (tertiary/aromatic N) is 3. The molecule has 0 saturated heterocycles. The first kappa shape index (κ1) is 22.1. The van der Waals surface area contributed by atoms with Crippen LogP contribution >= 0.6 is 11.3 Å². The van der Waals surface area contributed by atoms with Gasteiger partial charge in [0.25, 0.3) is 0 Å². The molecule has 2 aromatic carbocycles. The summed E-state index contributed by atoms with van der Waals surface area (Å²) < 4.78 is 24.4. The standard InChI is InChI=1S/C24H23N3O3S2/c1-16-11-21-22(12-17(16)2)31-24(26-21)27(15-19-5-4-10-25-14-19)23(28)13-18-6-8-20(9-7-18)32(3,29)30/h4-12,14H,13,15H2,1-3H3. The first-order valence-corrected chi connectivity index (χ1v) is 12.8. The predicted molar refractivity (Wildman–Crippen MR) is 128 cm³/mol. The van der Waals surface area contributed by atoms with Crippen molar-refractivity contribution in [3.05, 3.63) is 83.2 Å². The lowest BCUT2D eigenvalue weighted by molar-refractivity contribution is -0.118. The summed E-state index contributed by atoms with van der Waals surface area (Å²) in [6, 6.07) is 14.3. The minimum absolute atomic E-state index is 0.117. The molecule has 0 saturated carbocycles. The number of carbonyl (C=O) groups excluding carboxylic acids is 1. The number of thiazole rings is 1. The Hall–Kier alpha value is -3.10. The molecular weight excluding hydrogens is 442 g/mol. The van der Waals surface area contributed by atoms with E-state index in [1.807, 2.05) is 25.1 Å². The van der Waals surface area contributed by atoms with E-state index in [1.165, 1.54) is 35.3 Å². The van der Waals surface area contributed by atoms with Gasteiger partial charge in [-0.1, -0.05) is 29.5 Å². The van der Waals surface area contributed by atoms with E-state index in [-0.39, 0.29) is 17.2 Å². The van der Waals surface area contributed by atoms with Crippen LogP contribution in [0.15, 0.2) is 65.8 Å². The number of hydrogen-bond acceptors (Lipinski definition) is 6. The Kier molecular flexibility index (Phi) is 6.08. The number of hydrogen-bond donors (Lipinski definition) is 0. The molecule has 4 aromatic rings. The van der Waals surface area contributed by atoms with E-state index in [1.54, 1.807) is 29.4 Å². The van der Waals surface area contributed by atoms with Crippen molar-refractivity contribution in [2.24, 2.45) is 0 Å². The van der Waals surface area contributed by atoms with Crippen LogP contribution in [-0.2, 0) is 27.6 Å². The lowest BCUT2D eigenvalue weighted by Crippen LogP contribution is -2.31. The fraction of sp³-hybridized carbons (Fsp3) is 0.208. The van der Waals surface area contributed by atoms with E-state index in [9.17, 15) is 13.2 Å². The zero-order valence-electron chi connectivity index (χ0n) is 18.1. The molecule has 4 rings (SSSR count). The third-order valence-electron chi connectivity index (χ3n) is 5.29. The van der Waals surface area contributed by atoms with Gasteiger partial charge in [0, 0.05) is 18.6 Å². The fourth-order valence-electron chi connectivity index (χ4n) is 3.34. The molecule has 0 aliphatic heterocycles. The second-order valence-electron chi connectivity index (χ2n) is 7.83. The van der Waals surface area contributed by atoms with Gasteiger partial charge in [-0.2, -0.15) is 0 Å². The number of rotatable bonds is 6. The van der Waals surface area contributed by atoms with Gasteiger partial charge < -0.3 is 0 Å². The molecule has 164 valence electrons. The molecule has 0 fully saturated rings. The van der Waals surface area contributed by atoms with Gasteiger partial charge in [-0.15, -0.1) is 0 Å². The third-order valence-corrected chi connectivity index (χ3v) is 7.46. The first-order valence-electron chi connectivity index (χ1n) is 10.1. The molecular formula is C24H23N3O3S2. The Labute approximate surface area is 191 Å². The maximum Gasteiger partial charge on any atom is 0.233 e. The van der Waals surface area contributed by atoms with Gasteiger partial charge in [0.1, 0.15) is 0 Å². The van der Waals surface area contributed by atoms with Crippen molar-refractivity contribution < 1.29 is 13.2 Å². The molecule has 1 amide bonds. The molecule has 8 heteroatoms. The zero-order valence-corrected chi connectivity index (χ0v) is 19.7. The van der Waals surface area contributed by atoms with Crippen molar-refractivity contribution in [3.63, 3.8) is 0 Å². The van der Waals surface area contributed by atoms with Gasteiger partial charge >= 0.3 is 0 Å². The van der Waals surface area contributed by atoms with Crippen LogP contribution in [0.1, 0.15) is 22.3 Å². The van der Waals surface area contributed by atoms with Crippen LogP contribution in [0.25, 0.3) is 10.2 Å². The molecule has 0 N–H and O–H groups in total. The summed E-state index contributed by atoms with van der Waals surface area (Å²) in [7, 11) is -3.28. The topological polar surface area (TPSA) is 80.2 Å². The largest absolute Gasteiger partial charge is 0.283 e. The summed E-state index contributed by atoms with van der Waals surface area (Å²) in [5, 5.41) is 0.631. The molecule has 2 aromatic heterocycles. The van der Waals surface area contributed by atoms with Crippen LogP contribution in [0.4, 0.5) is 5.13 Å². The van der Waals surface area contributed by atoms with Crippen molar-refractivity contribution in [2.45, 2.75) is 31.7 Å². The summed E-state index contributed by atoms with van der Waals surface area (Å²) in [6.45, 7) is 4.46. The highest BCUT2D eigenvalue weighted by atomic mass is 32.2. The van der Waals surface area contributed by atoms with E-state index in [4.69, 9.17) is 4.98 Å². The second kappa shape index (κ2) is 8.80. The smallest absolute Gasteiger partial charge is 0.233 e. The van der Waals surface area contributed by atoms with Gasteiger partial charge in [0.15, 0.2) is 15.0 Å². The summed E-state index contributed by atoms with van der Waals surface area (Å²) in [5.41, 5.74) is 4.86. The average Bonchev–Trinajstić information content (AvgIpc) is 3.15. The van der Waals surface area contributed by atoms with Crippen molar-refractivity contribution >= 4 is 42.4 Å².